The van der Waals surface area contributed by atoms with Crippen LogP contribution in [0.4, 0.5) is 0 Å². The summed E-state index contributed by atoms with van der Waals surface area (Å²) in [5.74, 6) is 0.373. The number of nitrogens with one attached hydrogen (secondary N) is 2. The number of aryl methyl sites for hydroxylation is 1. The van der Waals surface area contributed by atoms with Crippen LogP contribution < -0.4 is 14.8 Å². The molecule has 106 valence electrons. The van der Waals surface area contributed by atoms with Gasteiger partial charge in [-0.2, -0.15) is 0 Å². The molecule has 1 fully saturated rings. The Morgan fingerprint density at radius 1 is 1.47 bits per heavy atom. The molecule has 0 unspecified atom stereocenters. The standard InChI is InChI=1S/C13H20N2O3S/c1-10-5-6-12(18-2)13(8-10)19(16,17)15-9-11-4-3-7-14-11/h5-6,8,11,14-15H,3-4,7,9H2,1-2H3/t11-/m0/s1. The fourth-order valence-electron chi connectivity index (χ4n) is 2.21. The first kappa shape index (κ1) is 14.3. The smallest absolute Gasteiger partial charge is 0.244 e. The van der Waals surface area contributed by atoms with Crippen LogP contribution in [0.3, 0.4) is 0 Å². The molecule has 1 aliphatic heterocycles. The van der Waals surface area contributed by atoms with Gasteiger partial charge in [-0.1, -0.05) is 6.07 Å². The van der Waals surface area contributed by atoms with E-state index in [2.05, 4.69) is 10.0 Å². The minimum atomic E-state index is -3.53. The molecule has 1 heterocycles. The van der Waals surface area contributed by atoms with Gasteiger partial charge in [-0.05, 0) is 44.0 Å². The van der Waals surface area contributed by atoms with Crippen LogP contribution in [0.5, 0.6) is 5.75 Å². The van der Waals surface area contributed by atoms with E-state index in [1.807, 2.05) is 13.0 Å². The molecule has 1 atom stereocenters. The lowest BCUT2D eigenvalue weighted by molar-refractivity contribution is 0.402. The SMILES string of the molecule is COc1ccc(C)cc1S(=O)(=O)NC[C@@H]1CCCN1. The zero-order chi connectivity index (χ0) is 13.9. The summed E-state index contributed by atoms with van der Waals surface area (Å²) in [6.07, 6.45) is 2.10. The number of hydrogen-bond donors (Lipinski definition) is 2. The molecule has 1 saturated heterocycles. The number of benzene rings is 1. The Balaban J connectivity index is 2.16. The number of sulfonamides is 1. The van der Waals surface area contributed by atoms with Gasteiger partial charge < -0.3 is 10.1 Å². The molecule has 2 N–H and O–H groups in total. The van der Waals surface area contributed by atoms with E-state index >= 15 is 0 Å². The normalized spacial score (nSPS) is 19.6. The van der Waals surface area contributed by atoms with E-state index in [1.165, 1.54) is 7.11 Å². The van der Waals surface area contributed by atoms with E-state index in [4.69, 9.17) is 4.74 Å². The molecule has 0 radical (unpaired) electrons. The van der Waals surface area contributed by atoms with Crippen molar-refractivity contribution in [2.45, 2.75) is 30.7 Å². The Kier molecular flexibility index (Phi) is 4.44. The first-order valence-corrected chi connectivity index (χ1v) is 7.89. The van der Waals surface area contributed by atoms with Crippen molar-refractivity contribution in [1.29, 1.82) is 0 Å². The third kappa shape index (κ3) is 3.46. The summed E-state index contributed by atoms with van der Waals surface area (Å²) in [6, 6.07) is 5.36. The molecule has 0 amide bonds. The summed E-state index contributed by atoms with van der Waals surface area (Å²) in [5.41, 5.74) is 0.889. The van der Waals surface area contributed by atoms with Crippen LogP contribution in [0.25, 0.3) is 0 Å². The molecule has 0 spiro atoms. The Bertz CT molecular complexity index is 537. The molecule has 0 aliphatic carbocycles. The van der Waals surface area contributed by atoms with E-state index in [0.29, 0.717) is 12.3 Å². The van der Waals surface area contributed by atoms with Crippen molar-refractivity contribution >= 4 is 10.0 Å². The fraction of sp³-hybridized carbons (Fsp3) is 0.538. The van der Waals surface area contributed by atoms with Gasteiger partial charge in [-0.15, -0.1) is 0 Å². The topological polar surface area (TPSA) is 67.4 Å². The van der Waals surface area contributed by atoms with Crippen LogP contribution in [-0.2, 0) is 10.0 Å². The third-order valence-electron chi connectivity index (χ3n) is 3.29. The summed E-state index contributed by atoms with van der Waals surface area (Å²) in [6.45, 7) is 3.23. The quantitative estimate of drug-likeness (QED) is 0.847. The average molecular weight is 284 g/mol. The molecule has 0 bridgehead atoms. The van der Waals surface area contributed by atoms with Crippen molar-refractivity contribution < 1.29 is 13.2 Å². The molecular weight excluding hydrogens is 264 g/mol. The maximum absolute atomic E-state index is 12.3. The number of ether oxygens (including phenoxy) is 1. The highest BCUT2D eigenvalue weighted by molar-refractivity contribution is 7.89. The van der Waals surface area contributed by atoms with E-state index in [1.54, 1.807) is 12.1 Å². The monoisotopic (exact) mass is 284 g/mol. The van der Waals surface area contributed by atoms with Gasteiger partial charge in [0.2, 0.25) is 10.0 Å². The van der Waals surface area contributed by atoms with Crippen molar-refractivity contribution in [2.75, 3.05) is 20.2 Å². The third-order valence-corrected chi connectivity index (χ3v) is 4.74. The molecule has 19 heavy (non-hydrogen) atoms. The molecule has 0 aromatic heterocycles. The number of rotatable bonds is 5. The van der Waals surface area contributed by atoms with E-state index < -0.39 is 10.0 Å². The summed E-state index contributed by atoms with van der Waals surface area (Å²) in [5, 5.41) is 3.26. The highest BCUT2D eigenvalue weighted by Gasteiger charge is 2.22. The predicted octanol–water partition coefficient (Wildman–Crippen LogP) is 1.03. The Hall–Kier alpha value is -1.11. The van der Waals surface area contributed by atoms with Crippen LogP contribution in [0.15, 0.2) is 23.1 Å². The molecule has 5 nitrogen and oxygen atoms in total. The van der Waals surface area contributed by atoms with Crippen molar-refractivity contribution in [2.24, 2.45) is 0 Å². The second kappa shape index (κ2) is 5.90. The largest absolute Gasteiger partial charge is 0.495 e. The van der Waals surface area contributed by atoms with Gasteiger partial charge in [0.25, 0.3) is 0 Å². The Labute approximate surface area is 114 Å². The predicted molar refractivity (Wildman–Crippen MR) is 73.9 cm³/mol. The van der Waals surface area contributed by atoms with Crippen LogP contribution in [-0.4, -0.2) is 34.7 Å². The highest BCUT2D eigenvalue weighted by Crippen LogP contribution is 2.24. The van der Waals surface area contributed by atoms with Crippen LogP contribution in [0.1, 0.15) is 18.4 Å². The van der Waals surface area contributed by atoms with E-state index in [0.717, 1.165) is 24.9 Å². The van der Waals surface area contributed by atoms with E-state index in [-0.39, 0.29) is 10.9 Å². The van der Waals surface area contributed by atoms with Gasteiger partial charge in [-0.25, -0.2) is 13.1 Å². The van der Waals surface area contributed by atoms with Crippen molar-refractivity contribution in [3.8, 4) is 5.75 Å². The molecular formula is C13H20N2O3S. The summed E-state index contributed by atoms with van der Waals surface area (Å²) >= 11 is 0. The van der Waals surface area contributed by atoms with Gasteiger partial charge in [0.05, 0.1) is 7.11 Å². The fourth-order valence-corrected chi connectivity index (χ4v) is 3.55. The molecule has 0 saturated carbocycles. The minimum Gasteiger partial charge on any atom is -0.495 e. The second-order valence-electron chi connectivity index (χ2n) is 4.80. The maximum atomic E-state index is 12.3. The Morgan fingerprint density at radius 3 is 2.89 bits per heavy atom. The van der Waals surface area contributed by atoms with Crippen molar-refractivity contribution in [3.05, 3.63) is 23.8 Å². The summed E-state index contributed by atoms with van der Waals surface area (Å²) in [4.78, 5) is 0.202. The molecule has 2 rings (SSSR count). The first-order valence-electron chi connectivity index (χ1n) is 6.40. The molecule has 6 heteroatoms. The zero-order valence-corrected chi connectivity index (χ0v) is 12.1. The molecule has 1 aromatic carbocycles. The average Bonchev–Trinajstić information content (AvgIpc) is 2.89. The molecule has 1 aromatic rings. The second-order valence-corrected chi connectivity index (χ2v) is 6.53. The van der Waals surface area contributed by atoms with Gasteiger partial charge in [0.1, 0.15) is 10.6 Å². The lowest BCUT2D eigenvalue weighted by atomic mass is 10.2. The highest BCUT2D eigenvalue weighted by atomic mass is 32.2. The van der Waals surface area contributed by atoms with Gasteiger partial charge in [-0.3, -0.25) is 0 Å². The van der Waals surface area contributed by atoms with E-state index in [9.17, 15) is 8.42 Å². The minimum absolute atomic E-state index is 0.202. The van der Waals surface area contributed by atoms with Crippen LogP contribution in [0.2, 0.25) is 0 Å². The lowest BCUT2D eigenvalue weighted by Gasteiger charge is -2.14. The number of hydrogen-bond acceptors (Lipinski definition) is 4. The number of methoxy groups -OCH3 is 1. The van der Waals surface area contributed by atoms with Crippen molar-refractivity contribution in [1.82, 2.24) is 10.0 Å². The van der Waals surface area contributed by atoms with Gasteiger partial charge in [0.15, 0.2) is 0 Å². The van der Waals surface area contributed by atoms with Gasteiger partial charge in [0, 0.05) is 12.6 Å². The summed E-state index contributed by atoms with van der Waals surface area (Å²) in [7, 11) is -2.05. The lowest BCUT2D eigenvalue weighted by Crippen LogP contribution is -2.37. The maximum Gasteiger partial charge on any atom is 0.244 e. The summed E-state index contributed by atoms with van der Waals surface area (Å²) < 4.78 is 32.4. The van der Waals surface area contributed by atoms with Crippen LogP contribution >= 0.6 is 0 Å². The Morgan fingerprint density at radius 2 is 2.26 bits per heavy atom. The van der Waals surface area contributed by atoms with Crippen LogP contribution in [0, 0.1) is 6.92 Å². The molecule has 1 aliphatic rings. The van der Waals surface area contributed by atoms with Crippen molar-refractivity contribution in [3.63, 3.8) is 0 Å². The zero-order valence-electron chi connectivity index (χ0n) is 11.3. The first-order chi connectivity index (χ1) is 9.03. The van der Waals surface area contributed by atoms with Gasteiger partial charge >= 0.3 is 0 Å².